The van der Waals surface area contributed by atoms with Crippen LogP contribution in [0.4, 0.5) is 0 Å². The quantitative estimate of drug-likeness (QED) is 0.104. The second kappa shape index (κ2) is 16.3. The van der Waals surface area contributed by atoms with Gasteiger partial charge in [0.2, 0.25) is 0 Å². The summed E-state index contributed by atoms with van der Waals surface area (Å²) in [5.74, 6) is 0. The first kappa shape index (κ1) is 29.8. The van der Waals surface area contributed by atoms with E-state index in [1.54, 1.807) is 11.3 Å². The van der Waals surface area contributed by atoms with Crippen LogP contribution in [0.3, 0.4) is 0 Å². The highest BCUT2D eigenvalue weighted by Crippen LogP contribution is 2.46. The Bertz CT molecular complexity index is 1060. The molecule has 3 heterocycles. The average molecular weight is 608 g/mol. The lowest BCUT2D eigenvalue weighted by atomic mass is 10.0. The van der Waals surface area contributed by atoms with Crippen molar-refractivity contribution in [2.24, 2.45) is 0 Å². The summed E-state index contributed by atoms with van der Waals surface area (Å²) in [6, 6.07) is 7.15. The molecule has 36 heavy (non-hydrogen) atoms. The van der Waals surface area contributed by atoms with Crippen LogP contribution in [-0.4, -0.2) is 6.29 Å². The first-order valence-corrected chi connectivity index (χ1v) is 17.3. The number of hydrogen-bond donors (Lipinski definition) is 0. The number of rotatable bonds is 18. The third-order valence-electron chi connectivity index (χ3n) is 6.88. The second-order valence-corrected chi connectivity index (χ2v) is 14.5. The Hall–Kier alpha value is -0.750. The topological polar surface area (TPSA) is 17.1 Å². The van der Waals surface area contributed by atoms with Gasteiger partial charge in [0.25, 0.3) is 0 Å². The summed E-state index contributed by atoms with van der Waals surface area (Å²) < 4.78 is 1.23. The van der Waals surface area contributed by atoms with Crippen molar-refractivity contribution in [1.29, 1.82) is 0 Å². The van der Waals surface area contributed by atoms with Crippen molar-refractivity contribution in [3.8, 4) is 19.5 Å². The number of thiophene rings is 3. The summed E-state index contributed by atoms with van der Waals surface area (Å²) in [5, 5.41) is 0. The van der Waals surface area contributed by atoms with Crippen LogP contribution in [-0.2, 0) is 19.3 Å². The molecule has 0 bridgehead atoms. The van der Waals surface area contributed by atoms with Crippen molar-refractivity contribution in [3.05, 3.63) is 43.6 Å². The summed E-state index contributed by atoms with van der Waals surface area (Å²) in [7, 11) is 0. The van der Waals surface area contributed by atoms with Crippen LogP contribution in [0, 0.1) is 0 Å². The lowest BCUT2D eigenvalue weighted by Crippen LogP contribution is -1.87. The van der Waals surface area contributed by atoms with Crippen LogP contribution in [0.1, 0.15) is 124 Å². The highest BCUT2D eigenvalue weighted by atomic mass is 79.9. The van der Waals surface area contributed by atoms with Crippen LogP contribution >= 0.6 is 49.9 Å². The molecule has 0 spiro atoms. The molecular formula is C31H43BrOS3. The van der Waals surface area contributed by atoms with E-state index in [9.17, 15) is 4.79 Å². The van der Waals surface area contributed by atoms with E-state index in [0.717, 1.165) is 30.4 Å². The summed E-state index contributed by atoms with van der Waals surface area (Å²) in [5.41, 5.74) is 4.22. The number of carbonyl (C=O) groups excluding carboxylic acids is 1. The molecule has 0 atom stereocenters. The number of carbonyl (C=O) groups is 1. The van der Waals surface area contributed by atoms with Crippen molar-refractivity contribution in [3.63, 3.8) is 0 Å². The minimum atomic E-state index is 0.934. The van der Waals surface area contributed by atoms with Crippen molar-refractivity contribution < 1.29 is 4.79 Å². The summed E-state index contributed by atoms with van der Waals surface area (Å²) >= 11 is 9.32. The van der Waals surface area contributed by atoms with E-state index in [4.69, 9.17) is 0 Å². The van der Waals surface area contributed by atoms with E-state index >= 15 is 0 Å². The van der Waals surface area contributed by atoms with Gasteiger partial charge in [0, 0.05) is 19.5 Å². The zero-order valence-electron chi connectivity index (χ0n) is 22.4. The Kier molecular flexibility index (Phi) is 13.5. The minimum Gasteiger partial charge on any atom is -0.297 e. The van der Waals surface area contributed by atoms with Gasteiger partial charge in [-0.25, -0.2) is 0 Å². The summed E-state index contributed by atoms with van der Waals surface area (Å²) in [6.45, 7) is 6.80. The normalized spacial score (nSPS) is 11.4. The van der Waals surface area contributed by atoms with Gasteiger partial charge in [0.15, 0.2) is 6.29 Å². The summed E-state index contributed by atoms with van der Waals surface area (Å²) in [6.07, 6.45) is 19.6. The molecule has 0 aliphatic heterocycles. The van der Waals surface area contributed by atoms with Gasteiger partial charge in [-0.2, -0.15) is 0 Å². The van der Waals surface area contributed by atoms with Gasteiger partial charge in [-0.15, -0.1) is 34.0 Å². The van der Waals surface area contributed by atoms with Crippen molar-refractivity contribution in [2.45, 2.75) is 117 Å². The molecule has 3 aromatic rings. The Balaban J connectivity index is 1.90. The maximum atomic E-state index is 11.9. The average Bonchev–Trinajstić information content (AvgIpc) is 3.58. The molecule has 0 N–H and O–H groups in total. The molecular weight excluding hydrogens is 564 g/mol. The predicted octanol–water partition coefficient (Wildman–Crippen LogP) is 12.1. The minimum absolute atomic E-state index is 0.934. The Morgan fingerprint density at radius 3 is 1.64 bits per heavy atom. The van der Waals surface area contributed by atoms with Crippen LogP contribution in [0.25, 0.3) is 19.5 Å². The van der Waals surface area contributed by atoms with Gasteiger partial charge in [-0.3, -0.25) is 4.79 Å². The highest BCUT2D eigenvalue weighted by Gasteiger charge is 2.19. The van der Waals surface area contributed by atoms with E-state index in [1.807, 2.05) is 22.7 Å². The second-order valence-electron chi connectivity index (χ2n) is 9.92. The van der Waals surface area contributed by atoms with Gasteiger partial charge in [0.05, 0.1) is 8.66 Å². The maximum absolute atomic E-state index is 11.9. The van der Waals surface area contributed by atoms with Crippen molar-refractivity contribution in [1.82, 2.24) is 0 Å². The number of aldehydes is 1. The van der Waals surface area contributed by atoms with Gasteiger partial charge in [-0.1, -0.05) is 78.6 Å². The van der Waals surface area contributed by atoms with Crippen molar-refractivity contribution in [2.75, 3.05) is 0 Å². The van der Waals surface area contributed by atoms with Crippen LogP contribution in [0.5, 0.6) is 0 Å². The maximum Gasteiger partial charge on any atom is 0.160 e. The first-order chi connectivity index (χ1) is 17.6. The van der Waals surface area contributed by atoms with Gasteiger partial charge < -0.3 is 0 Å². The highest BCUT2D eigenvalue weighted by molar-refractivity contribution is 9.11. The first-order valence-electron chi connectivity index (χ1n) is 14.1. The molecule has 5 heteroatoms. The third-order valence-corrected chi connectivity index (χ3v) is 11.2. The standard InChI is InChI=1S/C31H43BrOS3/c1-4-7-10-13-16-23-19-26(34-28(23)22-33)30-24(17-14-11-8-5-2)20-27(35-30)31-25(21-29(32)36-31)18-15-12-9-6-3/h19-22H,4-18H2,1-3H3. The molecule has 0 aliphatic rings. The Morgan fingerprint density at radius 2 is 1.08 bits per heavy atom. The molecule has 0 saturated heterocycles. The molecule has 0 unspecified atom stereocenters. The molecule has 0 fully saturated rings. The lowest BCUT2D eigenvalue weighted by Gasteiger charge is -2.02. The molecule has 3 rings (SSSR count). The monoisotopic (exact) mass is 606 g/mol. The molecule has 0 aromatic carbocycles. The number of hydrogen-bond acceptors (Lipinski definition) is 4. The molecule has 0 amide bonds. The largest absolute Gasteiger partial charge is 0.297 e. The number of unbranched alkanes of at least 4 members (excludes halogenated alkanes) is 9. The predicted molar refractivity (Wildman–Crippen MR) is 168 cm³/mol. The van der Waals surface area contributed by atoms with E-state index in [-0.39, 0.29) is 0 Å². The fourth-order valence-corrected chi connectivity index (χ4v) is 9.01. The van der Waals surface area contributed by atoms with Crippen molar-refractivity contribution >= 4 is 56.2 Å². The SMILES string of the molecule is CCCCCCc1cc(-c2sc(-c3sc(Br)cc3CCCCCC)cc2CCCCCC)sc1C=O. The van der Waals surface area contributed by atoms with Gasteiger partial charge >= 0.3 is 0 Å². The number of halogens is 1. The van der Waals surface area contributed by atoms with E-state index in [1.165, 1.54) is 117 Å². The van der Waals surface area contributed by atoms with Crippen LogP contribution < -0.4 is 0 Å². The van der Waals surface area contributed by atoms with E-state index < -0.39 is 0 Å². The molecule has 0 radical (unpaired) electrons. The van der Waals surface area contributed by atoms with Gasteiger partial charge in [-0.05, 0) is 89.3 Å². The molecule has 0 saturated carbocycles. The van der Waals surface area contributed by atoms with E-state index in [0.29, 0.717) is 0 Å². The molecule has 3 aromatic heterocycles. The van der Waals surface area contributed by atoms with Crippen LogP contribution in [0.2, 0.25) is 0 Å². The smallest absolute Gasteiger partial charge is 0.160 e. The molecule has 198 valence electrons. The number of aryl methyl sites for hydroxylation is 3. The molecule has 0 aliphatic carbocycles. The van der Waals surface area contributed by atoms with Gasteiger partial charge in [0.1, 0.15) is 0 Å². The Morgan fingerprint density at radius 1 is 0.611 bits per heavy atom. The fourth-order valence-electron chi connectivity index (χ4n) is 4.80. The fraction of sp³-hybridized carbons (Fsp3) is 0.581. The Labute approximate surface area is 239 Å². The summed E-state index contributed by atoms with van der Waals surface area (Å²) in [4.78, 5) is 18.4. The van der Waals surface area contributed by atoms with Crippen LogP contribution in [0.15, 0.2) is 22.0 Å². The lowest BCUT2D eigenvalue weighted by molar-refractivity contribution is 0.112. The zero-order valence-corrected chi connectivity index (χ0v) is 26.5. The zero-order chi connectivity index (χ0) is 25.8. The van der Waals surface area contributed by atoms with E-state index in [2.05, 4.69) is 54.9 Å². The third kappa shape index (κ3) is 8.64. The molecule has 1 nitrogen and oxygen atoms in total.